The van der Waals surface area contributed by atoms with Crippen LogP contribution in [0.4, 0.5) is 0 Å². The van der Waals surface area contributed by atoms with Crippen LogP contribution in [-0.4, -0.2) is 9.97 Å². The lowest BCUT2D eigenvalue weighted by Crippen LogP contribution is -2.20. The molecule has 2 heterocycles. The van der Waals surface area contributed by atoms with Crippen LogP contribution in [0.3, 0.4) is 0 Å². The molecule has 0 aliphatic rings. The molecule has 0 saturated heterocycles. The molecule has 0 aliphatic carbocycles. The summed E-state index contributed by atoms with van der Waals surface area (Å²) in [6.07, 6.45) is 9.68. The largest absolute Gasteiger partial charge is 0.265 e. The molecule has 0 spiro atoms. The lowest BCUT2D eigenvalue weighted by atomic mass is 9.87. The fraction of sp³-hybridized carbons (Fsp3) is 0.0213. The van der Waals surface area contributed by atoms with Crippen LogP contribution in [-0.2, 0) is 0 Å². The van der Waals surface area contributed by atoms with Crippen molar-refractivity contribution in [3.63, 3.8) is 0 Å². The van der Waals surface area contributed by atoms with E-state index in [4.69, 9.17) is 0 Å². The number of hydrogen-bond acceptors (Lipinski definition) is 2. The van der Waals surface area contributed by atoms with Crippen LogP contribution < -0.4 is 10.4 Å². The molecule has 0 saturated carbocycles. The SMILES string of the molecule is C=C.C=c1cccc/c1=C/C.c1ccc2c(-c3ccc(-c4ccc5ccc6c(-c7ccncc7)ccc7ccc4c5c76)cc3)cncc2c1. The van der Waals surface area contributed by atoms with Gasteiger partial charge in [-0.15, -0.1) is 13.2 Å². The number of nitrogens with zero attached hydrogens (tertiary/aromatic N) is 2. The van der Waals surface area contributed by atoms with Gasteiger partial charge in [0.25, 0.3) is 0 Å². The third-order valence-electron chi connectivity index (χ3n) is 9.20. The van der Waals surface area contributed by atoms with Crippen molar-refractivity contribution in [2.45, 2.75) is 6.92 Å². The molecule has 49 heavy (non-hydrogen) atoms. The van der Waals surface area contributed by atoms with Crippen LogP contribution in [0.25, 0.3) is 89.1 Å². The summed E-state index contributed by atoms with van der Waals surface area (Å²) in [6, 6.07) is 47.7. The van der Waals surface area contributed by atoms with E-state index < -0.39 is 0 Å². The van der Waals surface area contributed by atoms with Gasteiger partial charge in [-0.25, -0.2) is 0 Å². The van der Waals surface area contributed by atoms with E-state index in [1.54, 1.807) is 0 Å². The van der Waals surface area contributed by atoms with Gasteiger partial charge in [-0.3, -0.25) is 9.97 Å². The number of fused-ring (bicyclic) bond motifs is 1. The van der Waals surface area contributed by atoms with Gasteiger partial charge in [0.05, 0.1) is 0 Å². The number of pyridine rings is 2. The van der Waals surface area contributed by atoms with E-state index >= 15 is 0 Å². The van der Waals surface area contributed by atoms with Crippen molar-refractivity contribution in [1.82, 2.24) is 9.97 Å². The van der Waals surface area contributed by atoms with E-state index in [0.29, 0.717) is 0 Å². The predicted molar refractivity (Wildman–Crippen MR) is 212 cm³/mol. The fourth-order valence-electron chi connectivity index (χ4n) is 6.83. The fourth-order valence-corrected chi connectivity index (χ4v) is 6.83. The Labute approximate surface area is 287 Å². The molecule has 2 aromatic heterocycles. The van der Waals surface area contributed by atoms with Crippen LogP contribution in [0.15, 0.2) is 171 Å². The molecule has 9 rings (SSSR count). The first-order valence-corrected chi connectivity index (χ1v) is 16.4. The summed E-state index contributed by atoms with van der Waals surface area (Å²) in [7, 11) is 0. The highest BCUT2D eigenvalue weighted by atomic mass is 14.6. The Morgan fingerprint density at radius 2 is 0.980 bits per heavy atom. The average molecular weight is 629 g/mol. The van der Waals surface area contributed by atoms with E-state index in [1.165, 1.54) is 70.7 Å². The molecule has 7 aromatic carbocycles. The van der Waals surface area contributed by atoms with Gasteiger partial charge in [0, 0.05) is 35.7 Å². The van der Waals surface area contributed by atoms with Gasteiger partial charge < -0.3 is 0 Å². The molecule has 0 amide bonds. The van der Waals surface area contributed by atoms with E-state index in [9.17, 15) is 0 Å². The number of benzene rings is 7. The van der Waals surface area contributed by atoms with Crippen LogP contribution in [0.5, 0.6) is 0 Å². The summed E-state index contributed by atoms with van der Waals surface area (Å²) in [5.41, 5.74) is 7.24. The maximum atomic E-state index is 4.48. The smallest absolute Gasteiger partial charge is 0.0352 e. The second-order valence-corrected chi connectivity index (χ2v) is 11.9. The van der Waals surface area contributed by atoms with Crippen molar-refractivity contribution in [3.05, 3.63) is 182 Å². The highest BCUT2D eigenvalue weighted by Gasteiger charge is 2.15. The topological polar surface area (TPSA) is 25.8 Å². The highest BCUT2D eigenvalue weighted by molar-refractivity contribution is 6.27. The van der Waals surface area contributed by atoms with E-state index in [0.717, 1.165) is 16.2 Å². The molecular weight excluding hydrogens is 593 g/mol. The molecule has 0 bridgehead atoms. The molecule has 0 N–H and O–H groups in total. The quantitative estimate of drug-likeness (QED) is 0.144. The molecule has 2 nitrogen and oxygen atoms in total. The zero-order valence-electron chi connectivity index (χ0n) is 27.6. The second-order valence-electron chi connectivity index (χ2n) is 11.9. The van der Waals surface area contributed by atoms with Crippen LogP contribution in [0.1, 0.15) is 6.92 Å². The minimum Gasteiger partial charge on any atom is -0.265 e. The Hall–Kier alpha value is -6.38. The molecule has 2 heteroatoms. The zero-order chi connectivity index (χ0) is 33.7. The summed E-state index contributed by atoms with van der Waals surface area (Å²) in [5, 5.41) is 12.5. The van der Waals surface area contributed by atoms with Gasteiger partial charge >= 0.3 is 0 Å². The van der Waals surface area contributed by atoms with Crippen molar-refractivity contribution >= 4 is 55.7 Å². The Kier molecular flexibility index (Phi) is 8.78. The van der Waals surface area contributed by atoms with Gasteiger partial charge in [-0.1, -0.05) is 134 Å². The van der Waals surface area contributed by atoms with Crippen molar-refractivity contribution in [1.29, 1.82) is 0 Å². The van der Waals surface area contributed by atoms with Gasteiger partial charge in [-0.2, -0.15) is 0 Å². The summed E-state index contributed by atoms with van der Waals surface area (Å²) < 4.78 is 0. The third kappa shape index (κ3) is 5.86. The number of aromatic nitrogens is 2. The first-order valence-electron chi connectivity index (χ1n) is 16.4. The lowest BCUT2D eigenvalue weighted by molar-refractivity contribution is 1.33. The van der Waals surface area contributed by atoms with Gasteiger partial charge in [0.1, 0.15) is 0 Å². The molecule has 0 radical (unpaired) electrons. The van der Waals surface area contributed by atoms with E-state index in [1.807, 2.05) is 49.9 Å². The molecule has 0 fully saturated rings. The molecule has 234 valence electrons. The van der Waals surface area contributed by atoms with Gasteiger partial charge in [-0.05, 0) is 95.0 Å². The number of hydrogen-bond donors (Lipinski definition) is 0. The minimum atomic E-state index is 1.10. The molecule has 0 aliphatic heterocycles. The first-order chi connectivity index (χ1) is 24.2. The summed E-state index contributed by atoms with van der Waals surface area (Å²) in [6.45, 7) is 11.9. The lowest BCUT2D eigenvalue weighted by Gasteiger charge is -2.16. The highest BCUT2D eigenvalue weighted by Crippen LogP contribution is 2.42. The normalized spacial score (nSPS) is 11.3. The maximum Gasteiger partial charge on any atom is 0.0352 e. The molecular formula is C47H36N2. The Balaban J connectivity index is 0.000000298. The van der Waals surface area contributed by atoms with Gasteiger partial charge in [0.15, 0.2) is 0 Å². The Morgan fingerprint density at radius 3 is 1.57 bits per heavy atom. The first kappa shape index (κ1) is 31.2. The van der Waals surface area contributed by atoms with Crippen LogP contribution in [0.2, 0.25) is 0 Å². The summed E-state index contributed by atoms with van der Waals surface area (Å²) in [5.74, 6) is 0. The number of rotatable bonds is 3. The monoisotopic (exact) mass is 628 g/mol. The van der Waals surface area contributed by atoms with Crippen LogP contribution in [0, 0.1) is 0 Å². The van der Waals surface area contributed by atoms with Crippen molar-refractivity contribution in [2.75, 3.05) is 0 Å². The van der Waals surface area contributed by atoms with Crippen LogP contribution >= 0.6 is 0 Å². The second kappa shape index (κ2) is 13.8. The Morgan fingerprint density at radius 1 is 0.449 bits per heavy atom. The molecule has 9 aromatic rings. The van der Waals surface area contributed by atoms with E-state index in [2.05, 4.69) is 151 Å². The third-order valence-corrected chi connectivity index (χ3v) is 9.20. The summed E-state index contributed by atoms with van der Waals surface area (Å²) >= 11 is 0. The zero-order valence-corrected chi connectivity index (χ0v) is 27.6. The van der Waals surface area contributed by atoms with Crippen molar-refractivity contribution < 1.29 is 0 Å². The van der Waals surface area contributed by atoms with Gasteiger partial charge in [0.2, 0.25) is 0 Å². The standard InChI is InChI=1S/C36H22N2.C9H10.C2H4/c1-2-4-29-28(3-1)21-38-22-34(29)24-7-5-23(6-8-24)30-13-9-26-12-16-33-31(25-17-19-37-20-18-25)14-10-27-11-15-32(30)35(26)36(27)33;1-3-9-7-5-4-6-8(9)2;1-2/h1-22H;3-7H,2H2,1H3;1-2H2/b;9-3-;. The summed E-state index contributed by atoms with van der Waals surface area (Å²) in [4.78, 5) is 8.70. The Bertz CT molecular complexity index is 2650. The minimum absolute atomic E-state index is 1.10. The van der Waals surface area contributed by atoms with Crippen molar-refractivity contribution in [3.8, 4) is 33.4 Å². The van der Waals surface area contributed by atoms with E-state index in [-0.39, 0.29) is 0 Å². The molecule has 0 unspecified atom stereocenters. The van der Waals surface area contributed by atoms with Crippen molar-refractivity contribution in [2.24, 2.45) is 0 Å². The molecule has 0 atom stereocenters. The maximum absolute atomic E-state index is 4.48. The predicted octanol–water partition coefficient (Wildman–Crippen LogP) is 11.2. The average Bonchev–Trinajstić information content (AvgIpc) is 3.18.